The summed E-state index contributed by atoms with van der Waals surface area (Å²) in [5, 5.41) is 0. The van der Waals surface area contributed by atoms with Crippen molar-refractivity contribution in [3.63, 3.8) is 0 Å². The molecule has 4 aromatic rings. The second-order valence-electron chi connectivity index (χ2n) is 9.91. The fourth-order valence-electron chi connectivity index (χ4n) is 4.89. The average molecular weight is 522 g/mol. The largest absolute Gasteiger partial charge is 0.433 e. The molecular formula is C27H26F3N7O. The monoisotopic (exact) mass is 521 g/mol. The maximum atomic E-state index is 13.7. The quantitative estimate of drug-likeness (QED) is 0.411. The molecule has 1 saturated heterocycles. The van der Waals surface area contributed by atoms with E-state index in [0.29, 0.717) is 55.3 Å². The number of carbonyl (C=O) groups is 1. The van der Waals surface area contributed by atoms with Crippen molar-refractivity contribution >= 4 is 16.9 Å². The highest BCUT2D eigenvalue weighted by atomic mass is 19.4. The molecule has 4 heterocycles. The normalized spacial score (nSPS) is 16.8. The van der Waals surface area contributed by atoms with Crippen LogP contribution in [0.5, 0.6) is 0 Å². The Hall–Kier alpha value is -3.86. The van der Waals surface area contributed by atoms with Gasteiger partial charge < -0.3 is 9.88 Å². The van der Waals surface area contributed by atoms with E-state index < -0.39 is 11.9 Å². The first-order valence-electron chi connectivity index (χ1n) is 12.6. The van der Waals surface area contributed by atoms with Crippen molar-refractivity contribution in [2.24, 2.45) is 5.92 Å². The Kier molecular flexibility index (Phi) is 6.30. The first kappa shape index (κ1) is 24.5. The predicted octanol–water partition coefficient (Wildman–Crippen LogP) is 4.08. The van der Waals surface area contributed by atoms with Gasteiger partial charge in [0, 0.05) is 62.5 Å². The molecular weight excluding hydrogens is 495 g/mol. The van der Waals surface area contributed by atoms with E-state index >= 15 is 0 Å². The fourth-order valence-corrected chi connectivity index (χ4v) is 4.89. The molecule has 196 valence electrons. The summed E-state index contributed by atoms with van der Waals surface area (Å²) in [6.07, 6.45) is 0.650. The maximum Gasteiger partial charge on any atom is 0.433 e. The maximum absolute atomic E-state index is 13.7. The summed E-state index contributed by atoms with van der Waals surface area (Å²) < 4.78 is 41.1. The Balaban J connectivity index is 1.20. The van der Waals surface area contributed by atoms with Crippen molar-refractivity contribution in [3.05, 3.63) is 71.7 Å². The topological polar surface area (TPSA) is 90.9 Å². The molecule has 11 heteroatoms. The van der Waals surface area contributed by atoms with Gasteiger partial charge in [-0.3, -0.25) is 9.69 Å². The minimum absolute atomic E-state index is 0.137. The van der Waals surface area contributed by atoms with E-state index in [0.717, 1.165) is 35.7 Å². The average Bonchev–Trinajstić information content (AvgIpc) is 3.68. The second-order valence-corrected chi connectivity index (χ2v) is 9.91. The number of aromatic nitrogens is 5. The van der Waals surface area contributed by atoms with E-state index in [-0.39, 0.29) is 18.2 Å². The zero-order chi connectivity index (χ0) is 26.3. The van der Waals surface area contributed by atoms with Gasteiger partial charge in [-0.15, -0.1) is 0 Å². The van der Waals surface area contributed by atoms with Gasteiger partial charge in [0.05, 0.1) is 16.7 Å². The van der Waals surface area contributed by atoms with E-state index in [1.165, 1.54) is 6.33 Å². The summed E-state index contributed by atoms with van der Waals surface area (Å²) in [6, 6.07) is 10.3. The summed E-state index contributed by atoms with van der Waals surface area (Å²) >= 11 is 0. The van der Waals surface area contributed by atoms with Crippen molar-refractivity contribution in [2.75, 3.05) is 26.2 Å². The second kappa shape index (κ2) is 9.79. The number of fused-ring (bicyclic) bond motifs is 1. The number of benzene rings is 1. The summed E-state index contributed by atoms with van der Waals surface area (Å²) in [7, 11) is 0. The summed E-state index contributed by atoms with van der Waals surface area (Å²) in [5.41, 5.74) is 3.06. The number of pyridine rings is 1. The lowest BCUT2D eigenvalue weighted by molar-refractivity contribution is -0.141. The molecule has 0 spiro atoms. The molecule has 1 aliphatic heterocycles. The third kappa shape index (κ3) is 5.38. The number of nitrogens with one attached hydrogen (secondary N) is 1. The standard InChI is InChI=1S/C27H26F3N7O/c28-27(29,30)24-12-17(15-36-7-9-37(10-8-36)26(38)18-1-2-18)11-20(33-24)14-25-34-22-4-3-19(13-23(22)35-25)21-5-6-31-16-32-21/h3-6,11-13,16,18H,1-2,7-10,14-15H2,(H,34,35). The first-order valence-corrected chi connectivity index (χ1v) is 12.6. The number of nitrogens with zero attached hydrogens (tertiary/aromatic N) is 6. The Bertz CT molecular complexity index is 1460. The van der Waals surface area contributed by atoms with Crippen LogP contribution in [-0.4, -0.2) is 66.8 Å². The number of carbonyl (C=O) groups excluding carboxylic acids is 1. The van der Waals surface area contributed by atoms with Gasteiger partial charge in [0.1, 0.15) is 17.8 Å². The highest BCUT2D eigenvalue weighted by Gasteiger charge is 2.35. The van der Waals surface area contributed by atoms with Gasteiger partial charge >= 0.3 is 6.18 Å². The van der Waals surface area contributed by atoms with Gasteiger partial charge in [0.2, 0.25) is 5.91 Å². The summed E-state index contributed by atoms with van der Waals surface area (Å²) in [4.78, 5) is 36.2. The Morgan fingerprint density at radius 1 is 1.03 bits per heavy atom. The van der Waals surface area contributed by atoms with Crippen LogP contribution in [0.15, 0.2) is 48.9 Å². The van der Waals surface area contributed by atoms with Crippen molar-refractivity contribution < 1.29 is 18.0 Å². The zero-order valence-electron chi connectivity index (χ0n) is 20.6. The Morgan fingerprint density at radius 2 is 1.84 bits per heavy atom. The van der Waals surface area contributed by atoms with Crippen LogP contribution in [0.2, 0.25) is 0 Å². The van der Waals surface area contributed by atoms with Gasteiger partial charge in [0.15, 0.2) is 0 Å². The highest BCUT2D eigenvalue weighted by molar-refractivity contribution is 5.81. The molecule has 1 aromatic carbocycles. The third-order valence-electron chi connectivity index (χ3n) is 7.00. The van der Waals surface area contributed by atoms with Crippen LogP contribution < -0.4 is 0 Å². The van der Waals surface area contributed by atoms with Crippen molar-refractivity contribution in [2.45, 2.75) is 32.0 Å². The minimum atomic E-state index is -4.56. The Morgan fingerprint density at radius 3 is 2.55 bits per heavy atom. The predicted molar refractivity (Wildman–Crippen MR) is 134 cm³/mol. The summed E-state index contributed by atoms with van der Waals surface area (Å²) in [6.45, 7) is 2.85. The van der Waals surface area contributed by atoms with E-state index in [9.17, 15) is 18.0 Å². The van der Waals surface area contributed by atoms with Crippen molar-refractivity contribution in [1.29, 1.82) is 0 Å². The van der Waals surface area contributed by atoms with Gasteiger partial charge in [-0.05, 0) is 48.7 Å². The SMILES string of the molecule is O=C(C1CC1)N1CCN(Cc2cc(Cc3nc4ccc(-c5ccncn5)cc4[nH]3)nc(C(F)(F)F)c2)CC1. The molecule has 1 amide bonds. The number of hydrogen-bond acceptors (Lipinski definition) is 6. The number of amides is 1. The molecule has 8 nitrogen and oxygen atoms in total. The minimum Gasteiger partial charge on any atom is -0.342 e. The molecule has 3 aromatic heterocycles. The van der Waals surface area contributed by atoms with E-state index in [1.54, 1.807) is 18.3 Å². The molecule has 1 N–H and O–H groups in total. The fraction of sp³-hybridized carbons (Fsp3) is 0.370. The number of halogens is 3. The van der Waals surface area contributed by atoms with Crippen LogP contribution in [0.3, 0.4) is 0 Å². The van der Waals surface area contributed by atoms with Crippen LogP contribution in [0.4, 0.5) is 13.2 Å². The molecule has 0 atom stereocenters. The lowest BCUT2D eigenvalue weighted by atomic mass is 10.1. The highest BCUT2D eigenvalue weighted by Crippen LogP contribution is 2.32. The van der Waals surface area contributed by atoms with E-state index in [1.807, 2.05) is 23.1 Å². The zero-order valence-corrected chi connectivity index (χ0v) is 20.6. The summed E-state index contributed by atoms with van der Waals surface area (Å²) in [5.74, 6) is 0.922. The molecule has 1 aliphatic carbocycles. The first-order chi connectivity index (χ1) is 18.3. The number of piperazine rings is 1. The smallest absolute Gasteiger partial charge is 0.342 e. The van der Waals surface area contributed by atoms with Gasteiger partial charge in [-0.2, -0.15) is 13.2 Å². The number of aromatic amines is 1. The van der Waals surface area contributed by atoms with E-state index in [2.05, 4.69) is 29.8 Å². The molecule has 38 heavy (non-hydrogen) atoms. The van der Waals surface area contributed by atoms with Crippen molar-refractivity contribution in [1.82, 2.24) is 34.7 Å². The molecule has 0 bridgehead atoms. The molecule has 6 rings (SSSR count). The molecule has 1 saturated carbocycles. The van der Waals surface area contributed by atoms with Crippen molar-refractivity contribution in [3.8, 4) is 11.3 Å². The third-order valence-corrected chi connectivity index (χ3v) is 7.00. The Labute approximate surface area is 216 Å². The molecule has 2 aliphatic rings. The lowest BCUT2D eigenvalue weighted by Gasteiger charge is -2.35. The number of hydrogen-bond donors (Lipinski definition) is 1. The van der Waals surface area contributed by atoms with Crippen LogP contribution in [0.1, 0.15) is 35.6 Å². The number of imidazole rings is 1. The van der Waals surface area contributed by atoms with Crippen LogP contribution in [0.25, 0.3) is 22.3 Å². The van der Waals surface area contributed by atoms with Crippen LogP contribution >= 0.6 is 0 Å². The number of alkyl halides is 3. The number of rotatable bonds is 6. The molecule has 2 fully saturated rings. The van der Waals surface area contributed by atoms with E-state index in [4.69, 9.17) is 0 Å². The van der Waals surface area contributed by atoms with Crippen LogP contribution in [-0.2, 0) is 23.9 Å². The van der Waals surface area contributed by atoms with Crippen LogP contribution in [0, 0.1) is 5.92 Å². The lowest BCUT2D eigenvalue weighted by Crippen LogP contribution is -2.48. The van der Waals surface area contributed by atoms with Gasteiger partial charge in [-0.1, -0.05) is 6.07 Å². The number of H-pyrrole nitrogens is 1. The molecule has 0 unspecified atom stereocenters. The molecule has 0 radical (unpaired) electrons. The van der Waals surface area contributed by atoms with Gasteiger partial charge in [-0.25, -0.2) is 19.9 Å². The van der Waals surface area contributed by atoms with Gasteiger partial charge in [0.25, 0.3) is 0 Å².